The summed E-state index contributed by atoms with van der Waals surface area (Å²) < 4.78 is 1.65. The molecule has 1 atom stereocenters. The number of para-hydroxylation sites is 2. The van der Waals surface area contributed by atoms with Crippen LogP contribution in [0.4, 0.5) is 0 Å². The van der Waals surface area contributed by atoms with E-state index in [1.54, 1.807) is 11.0 Å². The number of H-pyrrole nitrogens is 1. The number of imidazole rings is 1. The monoisotopic (exact) mass is 339 g/mol. The first-order valence-corrected chi connectivity index (χ1v) is 8.73. The molecular formula is C17H21N7O. The maximum absolute atomic E-state index is 12.5. The third-order valence-corrected chi connectivity index (χ3v) is 4.74. The van der Waals surface area contributed by atoms with Gasteiger partial charge >= 0.3 is 0 Å². The number of aromatic amines is 1. The summed E-state index contributed by atoms with van der Waals surface area (Å²) in [5, 5.41) is 11.0. The van der Waals surface area contributed by atoms with Gasteiger partial charge in [0.2, 0.25) is 5.91 Å². The van der Waals surface area contributed by atoms with Crippen molar-refractivity contribution in [3.63, 3.8) is 0 Å². The third-order valence-electron chi connectivity index (χ3n) is 4.74. The van der Waals surface area contributed by atoms with Gasteiger partial charge in [0.15, 0.2) is 0 Å². The molecule has 1 fully saturated rings. The van der Waals surface area contributed by atoms with Gasteiger partial charge in [0.05, 0.1) is 11.0 Å². The highest BCUT2D eigenvalue weighted by atomic mass is 16.2. The molecule has 4 rings (SSSR count). The van der Waals surface area contributed by atoms with Crippen molar-refractivity contribution in [1.82, 2.24) is 35.1 Å². The SMILES string of the molecule is O=C(CCCn1cnnn1)N1CCC[C@H](c2nc3ccccc3[nH]2)C1. The molecule has 1 aromatic carbocycles. The normalized spacial score (nSPS) is 17.9. The van der Waals surface area contributed by atoms with Crippen LogP contribution < -0.4 is 0 Å². The van der Waals surface area contributed by atoms with Crippen LogP contribution in [0, 0.1) is 0 Å². The van der Waals surface area contributed by atoms with Crippen LogP contribution in [-0.2, 0) is 11.3 Å². The number of benzene rings is 1. The Bertz CT molecular complexity index is 809. The molecule has 8 nitrogen and oxygen atoms in total. The second-order valence-corrected chi connectivity index (χ2v) is 6.49. The fourth-order valence-corrected chi connectivity index (χ4v) is 3.43. The summed E-state index contributed by atoms with van der Waals surface area (Å²) in [6.07, 6.45) is 4.92. The van der Waals surface area contributed by atoms with Crippen molar-refractivity contribution in [1.29, 1.82) is 0 Å². The van der Waals surface area contributed by atoms with Crippen LogP contribution in [0.15, 0.2) is 30.6 Å². The van der Waals surface area contributed by atoms with Crippen LogP contribution in [0.5, 0.6) is 0 Å². The highest BCUT2D eigenvalue weighted by molar-refractivity contribution is 5.76. The molecule has 1 amide bonds. The first-order valence-electron chi connectivity index (χ1n) is 8.73. The lowest BCUT2D eigenvalue weighted by Crippen LogP contribution is -2.39. The number of piperidine rings is 1. The Morgan fingerprint density at radius 1 is 1.32 bits per heavy atom. The van der Waals surface area contributed by atoms with Gasteiger partial charge in [0.1, 0.15) is 12.2 Å². The zero-order chi connectivity index (χ0) is 17.1. The van der Waals surface area contributed by atoms with Gasteiger partial charge in [-0.25, -0.2) is 9.67 Å². The van der Waals surface area contributed by atoms with Crippen molar-refractivity contribution in [2.24, 2.45) is 0 Å². The third kappa shape index (κ3) is 3.52. The van der Waals surface area contributed by atoms with Gasteiger partial charge in [-0.1, -0.05) is 12.1 Å². The van der Waals surface area contributed by atoms with E-state index in [-0.39, 0.29) is 11.8 Å². The first kappa shape index (κ1) is 15.7. The van der Waals surface area contributed by atoms with Gasteiger partial charge in [0.25, 0.3) is 0 Å². The molecule has 0 radical (unpaired) electrons. The van der Waals surface area contributed by atoms with E-state index < -0.39 is 0 Å². The van der Waals surface area contributed by atoms with Crippen LogP contribution in [0.25, 0.3) is 11.0 Å². The van der Waals surface area contributed by atoms with Crippen molar-refractivity contribution >= 4 is 16.9 Å². The van der Waals surface area contributed by atoms with E-state index in [2.05, 4.69) is 20.5 Å². The van der Waals surface area contributed by atoms with Crippen LogP contribution in [0.2, 0.25) is 0 Å². The highest BCUT2D eigenvalue weighted by Crippen LogP contribution is 2.27. The molecule has 0 unspecified atom stereocenters. The molecule has 0 spiro atoms. The van der Waals surface area contributed by atoms with E-state index in [0.29, 0.717) is 13.0 Å². The van der Waals surface area contributed by atoms with E-state index in [0.717, 1.165) is 49.2 Å². The topological polar surface area (TPSA) is 92.6 Å². The van der Waals surface area contributed by atoms with Crippen molar-refractivity contribution in [2.45, 2.75) is 38.1 Å². The summed E-state index contributed by atoms with van der Waals surface area (Å²) in [7, 11) is 0. The molecule has 8 heteroatoms. The minimum absolute atomic E-state index is 0.203. The first-order chi connectivity index (χ1) is 12.3. The standard InChI is InChI=1S/C17H21N7O/c25-16(8-4-10-24-12-18-21-22-24)23-9-3-5-13(11-23)17-19-14-6-1-2-7-15(14)20-17/h1-2,6-7,12-13H,3-5,8-11H2,(H,19,20)/t13-/m0/s1. The van der Waals surface area contributed by atoms with Gasteiger partial charge in [-0.2, -0.15) is 0 Å². The van der Waals surface area contributed by atoms with E-state index in [9.17, 15) is 4.79 Å². The number of likely N-dealkylation sites (tertiary alicyclic amines) is 1. The Morgan fingerprint density at radius 3 is 3.08 bits per heavy atom. The zero-order valence-electron chi connectivity index (χ0n) is 14.0. The Kier molecular flexibility index (Phi) is 4.41. The molecule has 0 aliphatic carbocycles. The van der Waals surface area contributed by atoms with Gasteiger partial charge in [0, 0.05) is 32.0 Å². The molecule has 2 aromatic heterocycles. The second kappa shape index (κ2) is 7.00. The number of tetrazole rings is 1. The Morgan fingerprint density at radius 2 is 2.24 bits per heavy atom. The highest BCUT2D eigenvalue weighted by Gasteiger charge is 2.26. The summed E-state index contributed by atoms with van der Waals surface area (Å²) in [6, 6.07) is 8.05. The van der Waals surface area contributed by atoms with E-state index in [1.165, 1.54) is 0 Å². The van der Waals surface area contributed by atoms with Crippen LogP contribution in [-0.4, -0.2) is 54.1 Å². The summed E-state index contributed by atoms with van der Waals surface area (Å²) >= 11 is 0. The molecular weight excluding hydrogens is 318 g/mol. The van der Waals surface area contributed by atoms with Crippen molar-refractivity contribution in [2.75, 3.05) is 13.1 Å². The average Bonchev–Trinajstić information content (AvgIpc) is 3.31. The molecule has 1 aliphatic heterocycles. The van der Waals surface area contributed by atoms with Gasteiger partial charge in [-0.05, 0) is 41.8 Å². The number of aryl methyl sites for hydroxylation is 1. The van der Waals surface area contributed by atoms with Gasteiger partial charge in [-0.15, -0.1) is 5.10 Å². The van der Waals surface area contributed by atoms with Crippen LogP contribution in [0.3, 0.4) is 0 Å². The fraction of sp³-hybridized carbons (Fsp3) is 0.471. The zero-order valence-corrected chi connectivity index (χ0v) is 14.0. The van der Waals surface area contributed by atoms with E-state index >= 15 is 0 Å². The largest absolute Gasteiger partial charge is 0.342 e. The number of aromatic nitrogens is 6. The average molecular weight is 339 g/mol. The Hall–Kier alpha value is -2.77. The number of hydrogen-bond acceptors (Lipinski definition) is 5. The second-order valence-electron chi connectivity index (χ2n) is 6.49. The molecule has 3 heterocycles. The molecule has 1 aliphatic rings. The number of hydrogen-bond donors (Lipinski definition) is 1. The lowest BCUT2D eigenvalue weighted by molar-refractivity contribution is -0.132. The van der Waals surface area contributed by atoms with Crippen LogP contribution >= 0.6 is 0 Å². The maximum Gasteiger partial charge on any atom is 0.222 e. The van der Waals surface area contributed by atoms with Gasteiger partial charge in [-0.3, -0.25) is 4.79 Å². The predicted octanol–water partition coefficient (Wildman–Crippen LogP) is 1.74. The summed E-state index contributed by atoms with van der Waals surface area (Å²) in [5.74, 6) is 1.48. The quantitative estimate of drug-likeness (QED) is 0.764. The lowest BCUT2D eigenvalue weighted by Gasteiger charge is -2.32. The molecule has 1 N–H and O–H groups in total. The molecule has 1 saturated heterocycles. The number of carbonyl (C=O) groups is 1. The number of rotatable bonds is 5. The maximum atomic E-state index is 12.5. The van der Waals surface area contributed by atoms with Gasteiger partial charge < -0.3 is 9.88 Å². The van der Waals surface area contributed by atoms with Crippen molar-refractivity contribution in [3.05, 3.63) is 36.4 Å². The minimum Gasteiger partial charge on any atom is -0.342 e. The summed E-state index contributed by atoms with van der Waals surface area (Å²) in [5.41, 5.74) is 2.05. The number of nitrogens with zero attached hydrogens (tertiary/aromatic N) is 6. The summed E-state index contributed by atoms with van der Waals surface area (Å²) in [6.45, 7) is 2.24. The smallest absolute Gasteiger partial charge is 0.222 e. The van der Waals surface area contributed by atoms with E-state index in [1.807, 2.05) is 29.2 Å². The van der Waals surface area contributed by atoms with Crippen molar-refractivity contribution < 1.29 is 4.79 Å². The number of fused-ring (bicyclic) bond motifs is 1. The molecule has 0 saturated carbocycles. The lowest BCUT2D eigenvalue weighted by atomic mass is 9.97. The van der Waals surface area contributed by atoms with Crippen molar-refractivity contribution in [3.8, 4) is 0 Å². The molecule has 0 bridgehead atoms. The van der Waals surface area contributed by atoms with E-state index in [4.69, 9.17) is 4.98 Å². The molecule has 3 aromatic rings. The fourth-order valence-electron chi connectivity index (χ4n) is 3.43. The minimum atomic E-state index is 0.203. The number of carbonyl (C=O) groups excluding carboxylic acids is 1. The summed E-state index contributed by atoms with van der Waals surface area (Å²) in [4.78, 5) is 22.6. The molecule has 25 heavy (non-hydrogen) atoms. The number of nitrogens with one attached hydrogen (secondary N) is 1. The van der Waals surface area contributed by atoms with Crippen LogP contribution in [0.1, 0.15) is 37.4 Å². The predicted molar refractivity (Wildman–Crippen MR) is 91.7 cm³/mol. The molecule has 130 valence electrons. The Balaban J connectivity index is 1.36. The number of amides is 1. The Labute approximate surface area is 145 Å².